The molecule has 0 saturated carbocycles. The quantitative estimate of drug-likeness (QED) is 0.264. The van der Waals surface area contributed by atoms with Crippen molar-refractivity contribution in [2.45, 2.75) is 25.9 Å². The molecule has 5 nitrogen and oxygen atoms in total. The van der Waals surface area contributed by atoms with Crippen LogP contribution in [0.5, 0.6) is 5.75 Å². The molecule has 0 fully saturated rings. The Kier molecular flexibility index (Phi) is 5.72. The Morgan fingerprint density at radius 3 is 2.26 bits per heavy atom. The number of hydrogen-bond acceptors (Lipinski definition) is 5. The van der Waals surface area contributed by atoms with E-state index in [9.17, 15) is 4.39 Å². The molecular formula is C28H23FN2O3. The first kappa shape index (κ1) is 21.6. The van der Waals surface area contributed by atoms with Crippen molar-refractivity contribution in [1.82, 2.24) is 10.1 Å². The Bertz CT molecular complexity index is 1370. The van der Waals surface area contributed by atoms with E-state index in [0.717, 1.165) is 5.75 Å². The highest BCUT2D eigenvalue weighted by Gasteiger charge is 2.22. The summed E-state index contributed by atoms with van der Waals surface area (Å²) in [5.74, 6) is 2.12. The Balaban J connectivity index is 1.23. The molecule has 3 aromatic carbocycles. The topological polar surface area (TPSA) is 61.3 Å². The highest BCUT2D eigenvalue weighted by atomic mass is 19.1. The van der Waals surface area contributed by atoms with E-state index in [1.807, 2.05) is 24.3 Å². The molecule has 0 saturated heterocycles. The SMILES string of the molecule is CC(C)(c1ccccc1)c1ccc(OCc2ccc(-c3nc(-c4ccc(F)cc4)no3)o2)cc1. The van der Waals surface area contributed by atoms with Crippen LogP contribution in [-0.4, -0.2) is 10.1 Å². The molecule has 2 aromatic heterocycles. The first-order chi connectivity index (χ1) is 16.5. The molecule has 0 atom stereocenters. The van der Waals surface area contributed by atoms with Gasteiger partial charge in [0.1, 0.15) is 23.9 Å². The van der Waals surface area contributed by atoms with Crippen LogP contribution in [0.1, 0.15) is 30.7 Å². The minimum atomic E-state index is -0.322. The van der Waals surface area contributed by atoms with Gasteiger partial charge in [-0.1, -0.05) is 61.5 Å². The summed E-state index contributed by atoms with van der Waals surface area (Å²) < 4.78 is 30.1. The second kappa shape index (κ2) is 8.98. The molecule has 5 rings (SSSR count). The average Bonchev–Trinajstić information content (AvgIpc) is 3.54. The number of hydrogen-bond donors (Lipinski definition) is 0. The largest absolute Gasteiger partial charge is 0.486 e. The number of nitrogens with zero attached hydrogens (tertiary/aromatic N) is 2. The molecule has 0 aliphatic heterocycles. The minimum Gasteiger partial charge on any atom is -0.486 e. The van der Waals surface area contributed by atoms with Crippen molar-refractivity contribution in [3.63, 3.8) is 0 Å². The Morgan fingerprint density at radius 2 is 1.53 bits per heavy atom. The molecule has 0 aliphatic rings. The molecule has 0 radical (unpaired) electrons. The summed E-state index contributed by atoms with van der Waals surface area (Å²) in [6.07, 6.45) is 0. The van der Waals surface area contributed by atoms with Crippen LogP contribution in [0.4, 0.5) is 4.39 Å². The third-order valence-electron chi connectivity index (χ3n) is 5.85. The van der Waals surface area contributed by atoms with Crippen LogP contribution >= 0.6 is 0 Å². The van der Waals surface area contributed by atoms with E-state index in [0.29, 0.717) is 22.9 Å². The van der Waals surface area contributed by atoms with Gasteiger partial charge in [-0.3, -0.25) is 0 Å². The van der Waals surface area contributed by atoms with Gasteiger partial charge in [-0.05, 0) is 59.7 Å². The van der Waals surface area contributed by atoms with Gasteiger partial charge >= 0.3 is 0 Å². The van der Waals surface area contributed by atoms with E-state index >= 15 is 0 Å². The summed E-state index contributed by atoms with van der Waals surface area (Å²) >= 11 is 0. The zero-order chi connectivity index (χ0) is 23.5. The summed E-state index contributed by atoms with van der Waals surface area (Å²) in [5, 5.41) is 3.95. The first-order valence-corrected chi connectivity index (χ1v) is 11.0. The maximum atomic E-state index is 13.1. The lowest BCUT2D eigenvalue weighted by atomic mass is 9.78. The number of aromatic nitrogens is 2. The van der Waals surface area contributed by atoms with E-state index in [2.05, 4.69) is 60.4 Å². The van der Waals surface area contributed by atoms with Crippen LogP contribution in [0.3, 0.4) is 0 Å². The van der Waals surface area contributed by atoms with E-state index in [4.69, 9.17) is 13.7 Å². The molecule has 0 bridgehead atoms. The molecule has 0 spiro atoms. The fourth-order valence-corrected chi connectivity index (χ4v) is 3.75. The van der Waals surface area contributed by atoms with Crippen LogP contribution in [0.25, 0.3) is 23.0 Å². The molecule has 0 N–H and O–H groups in total. The molecular weight excluding hydrogens is 431 g/mol. The molecule has 6 heteroatoms. The predicted molar refractivity (Wildman–Crippen MR) is 127 cm³/mol. The van der Waals surface area contributed by atoms with Crippen molar-refractivity contribution in [2.24, 2.45) is 0 Å². The Labute approximate surface area is 196 Å². The monoisotopic (exact) mass is 454 g/mol. The van der Waals surface area contributed by atoms with E-state index in [1.165, 1.54) is 23.3 Å². The van der Waals surface area contributed by atoms with Crippen LogP contribution < -0.4 is 4.74 Å². The summed E-state index contributed by atoms with van der Waals surface area (Å²) in [6, 6.07) is 28.0. The van der Waals surface area contributed by atoms with E-state index in [1.54, 1.807) is 18.2 Å². The van der Waals surface area contributed by atoms with Gasteiger partial charge in [-0.2, -0.15) is 4.98 Å². The number of furan rings is 1. The molecule has 2 heterocycles. The Hall–Kier alpha value is -4.19. The lowest BCUT2D eigenvalue weighted by molar-refractivity contribution is 0.270. The number of halogens is 1. The highest BCUT2D eigenvalue weighted by molar-refractivity contribution is 5.57. The normalized spacial score (nSPS) is 11.5. The summed E-state index contributed by atoms with van der Waals surface area (Å²) in [6.45, 7) is 4.68. The van der Waals surface area contributed by atoms with Crippen molar-refractivity contribution in [3.05, 3.63) is 114 Å². The fourth-order valence-electron chi connectivity index (χ4n) is 3.75. The van der Waals surface area contributed by atoms with Crippen LogP contribution in [-0.2, 0) is 12.0 Å². The van der Waals surface area contributed by atoms with Gasteiger partial charge in [0.15, 0.2) is 5.76 Å². The lowest BCUT2D eigenvalue weighted by Gasteiger charge is -2.26. The van der Waals surface area contributed by atoms with Crippen molar-refractivity contribution in [3.8, 4) is 28.8 Å². The zero-order valence-corrected chi connectivity index (χ0v) is 18.9. The standard InChI is InChI=1S/C28H23FN2O3/c1-28(2,20-6-4-3-5-7-20)21-10-14-23(15-11-21)32-18-24-16-17-25(33-24)27-30-26(31-34-27)19-8-12-22(29)13-9-19/h3-17H,18H2,1-2H3. The number of rotatable bonds is 7. The molecule has 0 amide bonds. The van der Waals surface area contributed by atoms with Crippen molar-refractivity contribution >= 4 is 0 Å². The minimum absolute atomic E-state index is 0.105. The van der Waals surface area contributed by atoms with E-state index < -0.39 is 0 Å². The van der Waals surface area contributed by atoms with Crippen molar-refractivity contribution < 1.29 is 18.1 Å². The summed E-state index contributed by atoms with van der Waals surface area (Å²) in [4.78, 5) is 4.33. The average molecular weight is 455 g/mol. The van der Waals surface area contributed by atoms with Crippen LogP contribution in [0.15, 0.2) is 99.9 Å². The van der Waals surface area contributed by atoms with Gasteiger partial charge in [0, 0.05) is 11.0 Å². The molecule has 0 aliphatic carbocycles. The third-order valence-corrected chi connectivity index (χ3v) is 5.85. The predicted octanol–water partition coefficient (Wildman–Crippen LogP) is 7.04. The van der Waals surface area contributed by atoms with Crippen molar-refractivity contribution in [1.29, 1.82) is 0 Å². The maximum absolute atomic E-state index is 13.1. The molecule has 0 unspecified atom stereocenters. The Morgan fingerprint density at radius 1 is 0.824 bits per heavy atom. The number of ether oxygens (including phenoxy) is 1. The second-order valence-corrected chi connectivity index (χ2v) is 8.50. The summed E-state index contributed by atoms with van der Waals surface area (Å²) in [5.41, 5.74) is 3.02. The molecule has 5 aromatic rings. The van der Waals surface area contributed by atoms with Gasteiger partial charge in [-0.25, -0.2) is 4.39 Å². The molecule has 34 heavy (non-hydrogen) atoms. The summed E-state index contributed by atoms with van der Waals surface area (Å²) in [7, 11) is 0. The fraction of sp³-hybridized carbons (Fsp3) is 0.143. The van der Waals surface area contributed by atoms with Crippen molar-refractivity contribution in [2.75, 3.05) is 0 Å². The smallest absolute Gasteiger partial charge is 0.293 e. The van der Waals surface area contributed by atoms with E-state index in [-0.39, 0.29) is 23.7 Å². The lowest BCUT2D eigenvalue weighted by Crippen LogP contribution is -2.18. The number of benzene rings is 3. The van der Waals surface area contributed by atoms with Crippen LogP contribution in [0.2, 0.25) is 0 Å². The zero-order valence-electron chi connectivity index (χ0n) is 18.9. The van der Waals surface area contributed by atoms with Gasteiger partial charge in [0.25, 0.3) is 5.89 Å². The van der Waals surface area contributed by atoms with Gasteiger partial charge in [0.05, 0.1) is 0 Å². The van der Waals surface area contributed by atoms with Gasteiger partial charge < -0.3 is 13.7 Å². The van der Waals surface area contributed by atoms with Crippen LogP contribution in [0, 0.1) is 5.82 Å². The second-order valence-electron chi connectivity index (χ2n) is 8.50. The highest BCUT2D eigenvalue weighted by Crippen LogP contribution is 2.32. The van der Waals surface area contributed by atoms with Gasteiger partial charge in [0.2, 0.25) is 5.82 Å². The molecule has 170 valence electrons. The third kappa shape index (κ3) is 4.48. The first-order valence-electron chi connectivity index (χ1n) is 11.0. The maximum Gasteiger partial charge on any atom is 0.293 e. The van der Waals surface area contributed by atoms with Gasteiger partial charge in [-0.15, -0.1) is 0 Å².